The zero-order valence-electron chi connectivity index (χ0n) is 17.5. The topological polar surface area (TPSA) is 85.4 Å². The number of benzene rings is 2. The van der Waals surface area contributed by atoms with Crippen LogP contribution >= 0.6 is 11.3 Å². The molecule has 1 N–H and O–H groups in total. The molecule has 0 saturated heterocycles. The van der Waals surface area contributed by atoms with Gasteiger partial charge in [-0.25, -0.2) is 4.98 Å². The first-order valence-corrected chi connectivity index (χ1v) is 10.5. The van der Waals surface area contributed by atoms with Crippen molar-refractivity contribution in [3.05, 3.63) is 64.0 Å². The molecular formula is C24H20N2O4S. The highest BCUT2D eigenvalue weighted by molar-refractivity contribution is 7.21. The zero-order valence-corrected chi connectivity index (χ0v) is 18.3. The normalized spacial score (nSPS) is 11.0. The lowest BCUT2D eigenvalue weighted by Gasteiger charge is -2.09. The number of thiophene rings is 1. The summed E-state index contributed by atoms with van der Waals surface area (Å²) in [6.07, 6.45) is 0. The van der Waals surface area contributed by atoms with Gasteiger partial charge in [0.25, 0.3) is 5.91 Å². The average Bonchev–Trinajstić information content (AvgIpc) is 3.09. The number of fused-ring (bicyclic) bond motifs is 2. The van der Waals surface area contributed by atoms with E-state index in [0.717, 1.165) is 5.39 Å². The smallest absolute Gasteiger partial charge is 0.267 e. The first-order chi connectivity index (χ1) is 14.8. The number of anilines is 1. The van der Waals surface area contributed by atoms with Crippen molar-refractivity contribution in [1.82, 2.24) is 4.98 Å². The van der Waals surface area contributed by atoms with Crippen molar-refractivity contribution in [2.24, 2.45) is 0 Å². The van der Waals surface area contributed by atoms with Gasteiger partial charge >= 0.3 is 0 Å². The van der Waals surface area contributed by atoms with Crippen molar-refractivity contribution in [2.75, 3.05) is 12.4 Å². The van der Waals surface area contributed by atoms with Gasteiger partial charge in [0.2, 0.25) is 0 Å². The number of nitrogens with one attached hydrogen (secondary N) is 1. The maximum atomic E-state index is 13.2. The Morgan fingerprint density at radius 3 is 2.35 bits per heavy atom. The van der Waals surface area contributed by atoms with Crippen LogP contribution in [0.4, 0.5) is 5.82 Å². The van der Waals surface area contributed by atoms with Crippen molar-refractivity contribution in [1.29, 1.82) is 0 Å². The Kier molecular flexibility index (Phi) is 5.29. The van der Waals surface area contributed by atoms with Crippen LogP contribution in [0.25, 0.3) is 21.0 Å². The molecule has 156 valence electrons. The van der Waals surface area contributed by atoms with E-state index in [4.69, 9.17) is 4.74 Å². The maximum absolute atomic E-state index is 13.2. The number of hydrogen-bond donors (Lipinski definition) is 1. The summed E-state index contributed by atoms with van der Waals surface area (Å²) in [6, 6.07) is 12.5. The van der Waals surface area contributed by atoms with Crippen LogP contribution in [-0.2, 0) is 0 Å². The number of pyridine rings is 1. The quantitative estimate of drug-likeness (QED) is 0.425. The number of para-hydroxylation sites is 1. The molecule has 7 heteroatoms. The SMILES string of the molecule is COc1cc(NC(=O)c2sc3c(C(C)=O)ccc(C(C)=O)c3c2C)nc2ccccc12. The number of Topliss-reactive ketones (excluding diaryl/α,β-unsaturated/α-hetero) is 2. The fourth-order valence-corrected chi connectivity index (χ4v) is 4.98. The van der Waals surface area contributed by atoms with Gasteiger partial charge in [-0.05, 0) is 50.6 Å². The molecule has 0 unspecified atom stereocenters. The third-order valence-corrected chi connectivity index (χ3v) is 6.51. The highest BCUT2D eigenvalue weighted by atomic mass is 32.1. The predicted molar refractivity (Wildman–Crippen MR) is 123 cm³/mol. The van der Waals surface area contributed by atoms with Crippen LogP contribution in [0.3, 0.4) is 0 Å². The number of ketones is 2. The number of hydrogen-bond acceptors (Lipinski definition) is 6. The molecule has 0 radical (unpaired) electrons. The van der Waals surface area contributed by atoms with E-state index in [2.05, 4.69) is 10.3 Å². The molecule has 0 bridgehead atoms. The Bertz CT molecular complexity index is 1390. The van der Waals surface area contributed by atoms with Crippen LogP contribution in [0.2, 0.25) is 0 Å². The molecule has 4 aromatic rings. The van der Waals surface area contributed by atoms with Gasteiger partial charge in [0.15, 0.2) is 11.6 Å². The fraction of sp³-hybridized carbons (Fsp3) is 0.167. The minimum Gasteiger partial charge on any atom is -0.496 e. The number of aryl methyl sites for hydroxylation is 1. The van der Waals surface area contributed by atoms with Gasteiger partial charge in [0.1, 0.15) is 11.6 Å². The summed E-state index contributed by atoms with van der Waals surface area (Å²) in [5.41, 5.74) is 2.36. The Labute approximate surface area is 182 Å². The summed E-state index contributed by atoms with van der Waals surface area (Å²) in [4.78, 5) is 42.4. The Morgan fingerprint density at radius 1 is 1.00 bits per heavy atom. The summed E-state index contributed by atoms with van der Waals surface area (Å²) >= 11 is 1.21. The number of carbonyl (C=O) groups is 3. The van der Waals surface area contributed by atoms with E-state index in [1.165, 1.54) is 25.2 Å². The zero-order chi connectivity index (χ0) is 22.3. The highest BCUT2D eigenvalue weighted by Gasteiger charge is 2.23. The molecule has 4 rings (SSSR count). The molecule has 31 heavy (non-hydrogen) atoms. The van der Waals surface area contributed by atoms with Gasteiger partial charge in [0.05, 0.1) is 17.5 Å². The second-order valence-corrected chi connectivity index (χ2v) is 8.24. The van der Waals surface area contributed by atoms with Crippen LogP contribution in [0.15, 0.2) is 42.5 Å². The van der Waals surface area contributed by atoms with Crippen molar-refractivity contribution in [2.45, 2.75) is 20.8 Å². The second kappa shape index (κ2) is 7.92. The van der Waals surface area contributed by atoms with E-state index in [1.807, 2.05) is 24.3 Å². The van der Waals surface area contributed by atoms with Crippen LogP contribution in [0, 0.1) is 6.92 Å². The molecule has 2 aromatic heterocycles. The van der Waals surface area contributed by atoms with E-state index in [9.17, 15) is 14.4 Å². The first kappa shape index (κ1) is 20.7. The average molecular weight is 433 g/mol. The third kappa shape index (κ3) is 3.57. The standard InChI is InChI=1S/C24H20N2O4S/c1-12-21-15(13(2)27)9-10-16(14(3)28)23(21)31-22(12)24(29)26-20-11-19(30-4)17-7-5-6-8-18(17)25-20/h5-11H,1-4H3,(H,25,26,29). The van der Waals surface area contributed by atoms with Crippen molar-refractivity contribution in [3.63, 3.8) is 0 Å². The molecule has 0 atom stereocenters. The van der Waals surface area contributed by atoms with Crippen LogP contribution in [-0.4, -0.2) is 29.6 Å². The van der Waals surface area contributed by atoms with Gasteiger partial charge in [-0.1, -0.05) is 12.1 Å². The number of ether oxygens (including phenoxy) is 1. The van der Waals surface area contributed by atoms with E-state index >= 15 is 0 Å². The number of rotatable bonds is 5. The first-order valence-electron chi connectivity index (χ1n) is 9.65. The lowest BCUT2D eigenvalue weighted by Crippen LogP contribution is -2.12. The van der Waals surface area contributed by atoms with Gasteiger partial charge in [-0.3, -0.25) is 14.4 Å². The third-order valence-electron chi connectivity index (χ3n) is 5.18. The van der Waals surface area contributed by atoms with Gasteiger partial charge < -0.3 is 10.1 Å². The molecule has 2 aromatic carbocycles. The van der Waals surface area contributed by atoms with E-state index in [1.54, 1.807) is 32.2 Å². The molecule has 1 amide bonds. The van der Waals surface area contributed by atoms with Crippen LogP contribution in [0.1, 0.15) is 49.8 Å². The van der Waals surface area contributed by atoms with Crippen molar-refractivity contribution < 1.29 is 19.1 Å². The summed E-state index contributed by atoms with van der Waals surface area (Å²) in [5.74, 6) is 0.373. The maximum Gasteiger partial charge on any atom is 0.267 e. The summed E-state index contributed by atoms with van der Waals surface area (Å²) in [6.45, 7) is 4.74. The molecular weight excluding hydrogens is 412 g/mol. The number of carbonyl (C=O) groups excluding carboxylic acids is 3. The Hall–Kier alpha value is -3.58. The summed E-state index contributed by atoms with van der Waals surface area (Å²) < 4.78 is 6.09. The van der Waals surface area contributed by atoms with Crippen molar-refractivity contribution in [3.8, 4) is 5.75 Å². The predicted octanol–water partition coefficient (Wildman–Crippen LogP) is 5.42. The van der Waals surface area contributed by atoms with Gasteiger partial charge in [-0.15, -0.1) is 11.3 Å². The Morgan fingerprint density at radius 2 is 1.68 bits per heavy atom. The van der Waals surface area contributed by atoms with E-state index in [0.29, 0.717) is 48.7 Å². The van der Waals surface area contributed by atoms with E-state index in [-0.39, 0.29) is 17.5 Å². The molecule has 0 fully saturated rings. The molecule has 0 aliphatic rings. The fourth-order valence-electron chi connectivity index (χ4n) is 3.69. The van der Waals surface area contributed by atoms with E-state index < -0.39 is 0 Å². The molecule has 0 aliphatic heterocycles. The highest BCUT2D eigenvalue weighted by Crippen LogP contribution is 2.37. The molecule has 0 spiro atoms. The van der Waals surface area contributed by atoms with Gasteiger partial charge in [-0.2, -0.15) is 0 Å². The molecule has 2 heterocycles. The molecule has 0 aliphatic carbocycles. The van der Waals surface area contributed by atoms with Crippen LogP contribution in [0.5, 0.6) is 5.75 Å². The minimum atomic E-state index is -0.354. The number of nitrogens with zero attached hydrogens (tertiary/aromatic N) is 1. The van der Waals surface area contributed by atoms with Crippen LogP contribution < -0.4 is 10.1 Å². The summed E-state index contributed by atoms with van der Waals surface area (Å²) in [7, 11) is 1.57. The monoisotopic (exact) mass is 432 g/mol. The number of aromatic nitrogens is 1. The largest absolute Gasteiger partial charge is 0.496 e. The molecule has 0 saturated carbocycles. The summed E-state index contributed by atoms with van der Waals surface area (Å²) in [5, 5.41) is 4.33. The minimum absolute atomic E-state index is 0.116. The lowest BCUT2D eigenvalue weighted by atomic mass is 9.98. The molecule has 6 nitrogen and oxygen atoms in total. The van der Waals surface area contributed by atoms with Crippen molar-refractivity contribution >= 4 is 55.6 Å². The number of methoxy groups -OCH3 is 1. The Balaban J connectivity index is 1.82. The lowest BCUT2D eigenvalue weighted by molar-refractivity contribution is 0.100. The van der Waals surface area contributed by atoms with Gasteiger partial charge in [0, 0.05) is 32.7 Å². The number of amides is 1. The second-order valence-electron chi connectivity index (χ2n) is 7.21.